The second kappa shape index (κ2) is 37.3. The zero-order valence-electron chi connectivity index (χ0n) is 32.0. The molecule has 0 fully saturated rings. The number of allylic oxidation sites excluding steroid dienone is 2. The summed E-state index contributed by atoms with van der Waals surface area (Å²) in [6.45, 7) is 4.03. The molecule has 48 heavy (non-hydrogen) atoms. The molecule has 0 rings (SSSR count). The molecule has 5 N–H and O–H groups in total. The number of carbonyl (C=O) groups is 1. The van der Waals surface area contributed by atoms with E-state index in [4.69, 9.17) is 0 Å². The molecule has 4 atom stereocenters. The van der Waals surface area contributed by atoms with Gasteiger partial charge in [0, 0.05) is 0 Å². The normalized spacial score (nSPS) is 14.4. The van der Waals surface area contributed by atoms with E-state index in [-0.39, 0.29) is 0 Å². The van der Waals surface area contributed by atoms with Gasteiger partial charge in [0.2, 0.25) is 5.91 Å². The van der Waals surface area contributed by atoms with Crippen molar-refractivity contribution in [2.75, 3.05) is 6.61 Å². The third-order valence-electron chi connectivity index (χ3n) is 9.98. The summed E-state index contributed by atoms with van der Waals surface area (Å²) in [7, 11) is 0. The Labute approximate surface area is 298 Å². The van der Waals surface area contributed by atoms with Crippen LogP contribution < -0.4 is 5.32 Å². The van der Waals surface area contributed by atoms with Gasteiger partial charge < -0.3 is 25.7 Å². The summed E-state index contributed by atoms with van der Waals surface area (Å²) < 4.78 is 0. The minimum Gasteiger partial charge on any atom is -0.394 e. The van der Waals surface area contributed by atoms with Crippen molar-refractivity contribution in [2.24, 2.45) is 0 Å². The van der Waals surface area contributed by atoms with E-state index < -0.39 is 36.9 Å². The van der Waals surface area contributed by atoms with E-state index in [1.165, 1.54) is 141 Å². The number of amides is 1. The fourth-order valence-corrected chi connectivity index (χ4v) is 6.57. The molecule has 0 heterocycles. The number of aliphatic hydroxyl groups is 4. The molecule has 6 heteroatoms. The van der Waals surface area contributed by atoms with Crippen LogP contribution in [0.4, 0.5) is 0 Å². The quantitative estimate of drug-likeness (QED) is 0.0329. The van der Waals surface area contributed by atoms with E-state index in [0.717, 1.165) is 51.4 Å². The van der Waals surface area contributed by atoms with E-state index in [9.17, 15) is 25.2 Å². The number of hydrogen-bond donors (Lipinski definition) is 5. The molecule has 0 radical (unpaired) electrons. The molecule has 0 aliphatic rings. The molecule has 0 aliphatic carbocycles. The number of hydrogen-bond acceptors (Lipinski definition) is 5. The zero-order chi connectivity index (χ0) is 35.3. The lowest BCUT2D eigenvalue weighted by molar-refractivity contribution is -0.132. The first-order valence-corrected chi connectivity index (χ1v) is 21.1. The van der Waals surface area contributed by atoms with Gasteiger partial charge in [-0.25, -0.2) is 0 Å². The molecule has 0 aromatic carbocycles. The van der Waals surface area contributed by atoms with Crippen molar-refractivity contribution in [2.45, 2.75) is 244 Å². The zero-order valence-corrected chi connectivity index (χ0v) is 32.0. The van der Waals surface area contributed by atoms with Crippen molar-refractivity contribution in [1.29, 1.82) is 0 Å². The highest BCUT2D eigenvalue weighted by Gasteiger charge is 2.28. The standard InChI is InChI=1S/C42H83NO5/c1-3-5-7-9-11-13-15-17-18-19-20-21-22-23-24-26-28-30-32-34-36-40(46)42(48)43-38(37-44)41(47)39(45)35-33-31-29-27-25-16-14-12-10-8-6-4-2/h16,25,38-41,44-47H,3-15,17-24,26-37H2,1-2H3,(H,43,48)/b25-16+/t38-,39+,40+,41-/m0/s1. The lowest BCUT2D eigenvalue weighted by atomic mass is 9.99. The summed E-state index contributed by atoms with van der Waals surface area (Å²) in [5.41, 5.74) is 0. The highest BCUT2D eigenvalue weighted by molar-refractivity contribution is 5.80. The molecule has 0 aromatic rings. The first kappa shape index (κ1) is 47.0. The van der Waals surface area contributed by atoms with E-state index in [0.29, 0.717) is 12.8 Å². The van der Waals surface area contributed by atoms with E-state index >= 15 is 0 Å². The van der Waals surface area contributed by atoms with Crippen LogP contribution in [0.2, 0.25) is 0 Å². The molecule has 0 saturated heterocycles. The first-order valence-electron chi connectivity index (χ1n) is 21.1. The van der Waals surface area contributed by atoms with Crippen LogP contribution in [0.5, 0.6) is 0 Å². The topological polar surface area (TPSA) is 110 Å². The Morgan fingerprint density at radius 3 is 1.23 bits per heavy atom. The minimum atomic E-state index is -1.27. The van der Waals surface area contributed by atoms with Gasteiger partial charge in [0.1, 0.15) is 12.2 Å². The average molecular weight is 682 g/mol. The summed E-state index contributed by atoms with van der Waals surface area (Å²) in [6.07, 6.45) is 39.5. The Morgan fingerprint density at radius 2 is 0.833 bits per heavy atom. The number of aliphatic hydroxyl groups excluding tert-OH is 4. The highest BCUT2D eigenvalue weighted by Crippen LogP contribution is 2.16. The second-order valence-corrected chi connectivity index (χ2v) is 14.7. The molecular weight excluding hydrogens is 598 g/mol. The number of rotatable bonds is 38. The monoisotopic (exact) mass is 682 g/mol. The first-order chi connectivity index (χ1) is 23.5. The summed E-state index contributed by atoms with van der Waals surface area (Å²) in [4.78, 5) is 12.5. The van der Waals surface area contributed by atoms with Crippen molar-refractivity contribution < 1.29 is 25.2 Å². The molecule has 1 amide bonds. The van der Waals surface area contributed by atoms with Crippen molar-refractivity contribution in [1.82, 2.24) is 5.32 Å². The molecule has 0 aromatic heterocycles. The average Bonchev–Trinajstić information content (AvgIpc) is 3.09. The lowest BCUT2D eigenvalue weighted by Crippen LogP contribution is -2.53. The molecule has 6 nitrogen and oxygen atoms in total. The third-order valence-corrected chi connectivity index (χ3v) is 9.98. The Bertz CT molecular complexity index is 687. The van der Waals surface area contributed by atoms with Crippen LogP contribution in [0.1, 0.15) is 219 Å². The third kappa shape index (κ3) is 31.1. The highest BCUT2D eigenvalue weighted by atomic mass is 16.3. The van der Waals surface area contributed by atoms with Crippen LogP contribution in [0.15, 0.2) is 12.2 Å². The van der Waals surface area contributed by atoms with E-state index in [1.807, 2.05) is 0 Å². The van der Waals surface area contributed by atoms with Gasteiger partial charge >= 0.3 is 0 Å². The van der Waals surface area contributed by atoms with Gasteiger partial charge in [-0.1, -0.05) is 193 Å². The second-order valence-electron chi connectivity index (χ2n) is 14.7. The Hall–Kier alpha value is -0.950. The van der Waals surface area contributed by atoms with Crippen LogP contribution in [0.3, 0.4) is 0 Å². The van der Waals surface area contributed by atoms with Crippen LogP contribution in [-0.4, -0.2) is 57.3 Å². The van der Waals surface area contributed by atoms with Crippen LogP contribution in [0, 0.1) is 0 Å². The van der Waals surface area contributed by atoms with Gasteiger partial charge in [-0.2, -0.15) is 0 Å². The van der Waals surface area contributed by atoms with Gasteiger partial charge in [-0.15, -0.1) is 0 Å². The van der Waals surface area contributed by atoms with Crippen molar-refractivity contribution in [3.05, 3.63) is 12.2 Å². The number of carbonyl (C=O) groups excluding carboxylic acids is 1. The molecule has 0 spiro atoms. The smallest absolute Gasteiger partial charge is 0.249 e. The number of unbranched alkanes of at least 4 members (excludes halogenated alkanes) is 27. The van der Waals surface area contributed by atoms with Crippen LogP contribution >= 0.6 is 0 Å². The summed E-state index contributed by atoms with van der Waals surface area (Å²) in [5, 5.41) is 43.5. The van der Waals surface area contributed by atoms with E-state index in [2.05, 4.69) is 31.3 Å². The molecule has 0 saturated carbocycles. The Morgan fingerprint density at radius 1 is 0.500 bits per heavy atom. The van der Waals surface area contributed by atoms with Crippen molar-refractivity contribution in [3.8, 4) is 0 Å². The van der Waals surface area contributed by atoms with Crippen molar-refractivity contribution >= 4 is 5.91 Å². The van der Waals surface area contributed by atoms with E-state index in [1.54, 1.807) is 0 Å². The maximum absolute atomic E-state index is 12.5. The van der Waals surface area contributed by atoms with Crippen molar-refractivity contribution in [3.63, 3.8) is 0 Å². The Kier molecular flexibility index (Phi) is 36.6. The summed E-state index contributed by atoms with van der Waals surface area (Å²) >= 11 is 0. The lowest BCUT2D eigenvalue weighted by Gasteiger charge is -2.27. The number of nitrogens with one attached hydrogen (secondary N) is 1. The SMILES string of the molecule is CCCCCCC/C=C/CCCCC[C@@H](O)[C@@H](O)[C@H](CO)NC(=O)[C@H](O)CCCCCCCCCCCCCCCCCCCCCC. The summed E-state index contributed by atoms with van der Waals surface area (Å²) in [5.74, 6) is -0.588. The molecule has 0 aliphatic heterocycles. The maximum Gasteiger partial charge on any atom is 0.249 e. The van der Waals surface area contributed by atoms with Gasteiger partial charge in [-0.3, -0.25) is 4.79 Å². The molecule has 0 unspecified atom stereocenters. The fraction of sp³-hybridized carbons (Fsp3) is 0.929. The van der Waals surface area contributed by atoms with Gasteiger partial charge in [0.15, 0.2) is 0 Å². The van der Waals surface area contributed by atoms with Gasteiger partial charge in [0.25, 0.3) is 0 Å². The molecule has 0 bridgehead atoms. The van der Waals surface area contributed by atoms with Gasteiger partial charge in [-0.05, 0) is 38.5 Å². The maximum atomic E-state index is 12.5. The Balaban J connectivity index is 3.72. The molecular formula is C42H83NO5. The largest absolute Gasteiger partial charge is 0.394 e. The predicted molar refractivity (Wildman–Crippen MR) is 205 cm³/mol. The van der Waals surface area contributed by atoms with Crippen LogP contribution in [-0.2, 0) is 4.79 Å². The fourth-order valence-electron chi connectivity index (χ4n) is 6.57. The minimum absolute atomic E-state index is 0.370. The predicted octanol–water partition coefficient (Wildman–Crippen LogP) is 10.6. The van der Waals surface area contributed by atoms with Crippen LogP contribution in [0.25, 0.3) is 0 Å². The summed E-state index contributed by atoms with van der Waals surface area (Å²) in [6, 6.07) is -0.989. The van der Waals surface area contributed by atoms with Gasteiger partial charge in [0.05, 0.1) is 18.8 Å². The molecule has 286 valence electrons.